The van der Waals surface area contributed by atoms with Crippen LogP contribution < -0.4 is 0 Å². The summed E-state index contributed by atoms with van der Waals surface area (Å²) in [6, 6.07) is 4.38. The van der Waals surface area contributed by atoms with Crippen molar-refractivity contribution in [1.82, 2.24) is 9.88 Å². The summed E-state index contributed by atoms with van der Waals surface area (Å²) >= 11 is 0. The van der Waals surface area contributed by atoms with Gasteiger partial charge >= 0.3 is 12.4 Å². The molecule has 0 spiro atoms. The Hall–Kier alpha value is -2.83. The Bertz CT molecular complexity index is 1330. The van der Waals surface area contributed by atoms with Gasteiger partial charge in [0.2, 0.25) is 5.89 Å². The fourth-order valence-corrected chi connectivity index (χ4v) is 6.82. The van der Waals surface area contributed by atoms with E-state index in [1.807, 2.05) is 0 Å². The number of methoxy groups -OCH3 is 1. The molecule has 1 fully saturated rings. The summed E-state index contributed by atoms with van der Waals surface area (Å²) in [4.78, 5) is 5.71. The third-order valence-electron chi connectivity index (χ3n) is 9.51. The van der Waals surface area contributed by atoms with Crippen molar-refractivity contribution in [3.8, 4) is 0 Å². The molecule has 6 nitrogen and oxygen atoms in total. The van der Waals surface area contributed by atoms with Crippen molar-refractivity contribution in [2.24, 2.45) is 5.41 Å². The van der Waals surface area contributed by atoms with Gasteiger partial charge in [-0.05, 0) is 67.2 Å². The second-order valence-corrected chi connectivity index (χ2v) is 13.6. The number of benzene rings is 1. The van der Waals surface area contributed by atoms with E-state index in [0.29, 0.717) is 44.6 Å². The number of aryl methyl sites for hydroxylation is 1. The minimum atomic E-state index is -4.59. The molecule has 3 unspecified atom stereocenters. The Labute approximate surface area is 285 Å². The van der Waals surface area contributed by atoms with Crippen LogP contribution in [0.3, 0.4) is 0 Å². The van der Waals surface area contributed by atoms with Gasteiger partial charge in [0.15, 0.2) is 0 Å². The highest BCUT2D eigenvalue weighted by molar-refractivity contribution is 5.38. The molecule has 274 valence electrons. The van der Waals surface area contributed by atoms with Crippen LogP contribution in [0.1, 0.15) is 107 Å². The van der Waals surface area contributed by atoms with E-state index < -0.39 is 35.6 Å². The summed E-state index contributed by atoms with van der Waals surface area (Å²) in [5.41, 5.74) is -0.124. The zero-order valence-electron chi connectivity index (χ0n) is 28.6. The smallest absolute Gasteiger partial charge is 0.416 e. The van der Waals surface area contributed by atoms with Crippen LogP contribution in [0.5, 0.6) is 0 Å². The van der Waals surface area contributed by atoms with Crippen molar-refractivity contribution in [1.29, 1.82) is 0 Å². The molecular weight excluding hydrogens is 650 g/mol. The average molecular weight is 701 g/mol. The molecule has 3 atom stereocenters. The van der Waals surface area contributed by atoms with Crippen LogP contribution in [-0.4, -0.2) is 55.8 Å². The Morgan fingerprint density at radius 2 is 1.69 bits per heavy atom. The Morgan fingerprint density at radius 3 is 2.37 bits per heavy atom. The van der Waals surface area contributed by atoms with Gasteiger partial charge in [-0.15, -0.1) is 0 Å². The van der Waals surface area contributed by atoms with E-state index in [0.717, 1.165) is 75.8 Å². The van der Waals surface area contributed by atoms with Crippen LogP contribution in [0.15, 0.2) is 64.6 Å². The summed E-state index contributed by atoms with van der Waals surface area (Å²) in [6.45, 7) is 3.45. The highest BCUT2D eigenvalue weighted by Gasteiger charge is 2.46. The number of hydrogen-bond acceptors (Lipinski definition) is 6. The summed E-state index contributed by atoms with van der Waals surface area (Å²) in [5.74, 6) is -0.0128. The quantitative estimate of drug-likeness (QED) is 0.0826. The van der Waals surface area contributed by atoms with Crippen molar-refractivity contribution in [3.05, 3.63) is 77.2 Å². The minimum absolute atomic E-state index is 0.0128. The number of alkyl halides is 6. The maximum atomic E-state index is 14.5. The normalized spacial score (nSPS) is 21.9. The van der Waals surface area contributed by atoms with Gasteiger partial charge in [0.05, 0.1) is 30.0 Å². The van der Waals surface area contributed by atoms with Crippen LogP contribution in [0.4, 0.5) is 26.3 Å². The first kappa shape index (κ1) is 39.0. The van der Waals surface area contributed by atoms with E-state index in [-0.39, 0.29) is 18.1 Å². The molecule has 0 amide bonds. The van der Waals surface area contributed by atoms with Crippen molar-refractivity contribution < 1.29 is 45.0 Å². The lowest BCUT2D eigenvalue weighted by Crippen LogP contribution is -2.39. The Kier molecular flexibility index (Phi) is 14.6. The van der Waals surface area contributed by atoms with E-state index in [4.69, 9.17) is 18.6 Å². The fraction of sp³-hybridized carbons (Fsp3) is 0.649. The molecule has 0 radical (unpaired) electrons. The lowest BCUT2D eigenvalue weighted by molar-refractivity contribution is -0.137. The number of nitrogens with zero attached hydrogens (tertiary/aromatic N) is 2. The van der Waals surface area contributed by atoms with Crippen LogP contribution in [-0.2, 0) is 26.8 Å². The molecule has 0 N–H and O–H groups in total. The zero-order chi connectivity index (χ0) is 35.3. The van der Waals surface area contributed by atoms with Crippen molar-refractivity contribution in [2.45, 2.75) is 115 Å². The monoisotopic (exact) mass is 700 g/mol. The highest BCUT2D eigenvalue weighted by Crippen LogP contribution is 2.46. The Morgan fingerprint density at radius 1 is 0.959 bits per heavy atom. The molecule has 0 bridgehead atoms. The number of aromatic nitrogens is 1. The average Bonchev–Trinajstić information content (AvgIpc) is 3.59. The number of halogens is 6. The number of rotatable bonds is 19. The molecule has 0 saturated carbocycles. The first-order valence-electron chi connectivity index (χ1n) is 17.4. The zero-order valence-corrected chi connectivity index (χ0v) is 28.6. The summed E-state index contributed by atoms with van der Waals surface area (Å²) in [5, 5.41) is 0. The van der Waals surface area contributed by atoms with Gasteiger partial charge in [-0.1, -0.05) is 70.1 Å². The van der Waals surface area contributed by atoms with Crippen molar-refractivity contribution in [3.63, 3.8) is 0 Å². The molecule has 1 aromatic carbocycles. The SMILES string of the molecule is COCOCCCN1C=C(C2CC(C)(CCCCCCCCCCc3cccc(C(F)(F)F)c3)CCO2)C=C(C(F)(F)F)C1c1ncco1. The van der Waals surface area contributed by atoms with Crippen LogP contribution in [0.2, 0.25) is 0 Å². The topological polar surface area (TPSA) is 57.0 Å². The predicted molar refractivity (Wildman–Crippen MR) is 174 cm³/mol. The van der Waals surface area contributed by atoms with Gasteiger partial charge in [0.1, 0.15) is 19.1 Å². The molecule has 2 aromatic rings. The summed E-state index contributed by atoms with van der Waals surface area (Å²) in [6.07, 6.45) is 8.28. The fourth-order valence-electron chi connectivity index (χ4n) is 6.82. The first-order valence-corrected chi connectivity index (χ1v) is 17.4. The maximum Gasteiger partial charge on any atom is 0.416 e. The molecule has 2 aliphatic rings. The van der Waals surface area contributed by atoms with Crippen molar-refractivity contribution in [2.75, 3.05) is 33.7 Å². The number of ether oxygens (including phenoxy) is 3. The van der Waals surface area contributed by atoms with Gasteiger partial charge in [-0.25, -0.2) is 4.98 Å². The molecule has 1 saturated heterocycles. The second-order valence-electron chi connectivity index (χ2n) is 13.6. The maximum absolute atomic E-state index is 14.5. The summed E-state index contributed by atoms with van der Waals surface area (Å²) in [7, 11) is 1.51. The lowest BCUT2D eigenvalue weighted by atomic mass is 9.74. The third-order valence-corrected chi connectivity index (χ3v) is 9.51. The van der Waals surface area contributed by atoms with E-state index >= 15 is 0 Å². The highest BCUT2D eigenvalue weighted by atomic mass is 19.4. The standard InChI is InChI=1S/C37H50F6N2O4/c1-35(16-10-8-6-4-3-5-7-9-13-28-14-11-15-30(23-28)36(38,39)40)17-21-48-32(25-35)29-24-31(37(41,42)43)33(34-44-18-22-49-34)45(26-29)19-12-20-47-27-46-2/h11,14-15,18,22-24,26,32-33H,3-10,12-13,16-17,19-21,25,27H2,1-2H3. The molecule has 2 aliphatic heterocycles. The van der Waals surface area contributed by atoms with Gasteiger partial charge in [-0.3, -0.25) is 0 Å². The van der Waals surface area contributed by atoms with Crippen molar-refractivity contribution >= 4 is 0 Å². The molecular formula is C37H50F6N2O4. The summed E-state index contributed by atoms with van der Waals surface area (Å²) < 4.78 is 104. The van der Waals surface area contributed by atoms with E-state index in [9.17, 15) is 26.3 Å². The number of unbranched alkanes of at least 4 members (excludes halogenated alkanes) is 7. The first-order chi connectivity index (χ1) is 23.4. The largest absolute Gasteiger partial charge is 0.446 e. The second kappa shape index (κ2) is 18.4. The van der Waals surface area contributed by atoms with E-state index in [2.05, 4.69) is 11.9 Å². The van der Waals surface area contributed by atoms with Crippen LogP contribution in [0, 0.1) is 5.41 Å². The van der Waals surface area contributed by atoms with Crippen LogP contribution >= 0.6 is 0 Å². The molecule has 49 heavy (non-hydrogen) atoms. The van der Waals surface area contributed by atoms with E-state index in [1.54, 1.807) is 17.2 Å². The number of hydrogen-bond donors (Lipinski definition) is 0. The molecule has 0 aliphatic carbocycles. The van der Waals surface area contributed by atoms with Crippen LogP contribution in [0.25, 0.3) is 0 Å². The van der Waals surface area contributed by atoms with Gasteiger partial charge in [0, 0.05) is 26.5 Å². The van der Waals surface area contributed by atoms with Gasteiger partial charge < -0.3 is 23.5 Å². The molecule has 12 heteroatoms. The number of oxazole rings is 1. The molecule has 3 heterocycles. The van der Waals surface area contributed by atoms with E-state index in [1.165, 1.54) is 37.8 Å². The lowest BCUT2D eigenvalue weighted by Gasteiger charge is -2.41. The Balaban J connectivity index is 1.23. The molecule has 4 rings (SSSR count). The van der Waals surface area contributed by atoms with Gasteiger partial charge in [-0.2, -0.15) is 26.3 Å². The minimum Gasteiger partial charge on any atom is -0.446 e. The van der Waals surface area contributed by atoms with Gasteiger partial charge in [0.25, 0.3) is 0 Å². The molecule has 1 aromatic heterocycles. The predicted octanol–water partition coefficient (Wildman–Crippen LogP) is 10.4. The third kappa shape index (κ3) is 12.2.